The van der Waals surface area contributed by atoms with Crippen LogP contribution in [0.4, 0.5) is 20.6 Å². The first-order valence-electron chi connectivity index (χ1n) is 11.0. The largest absolute Gasteiger partial charge is 0.444 e. The number of hydrogen-bond donors (Lipinski definition) is 0. The Hall–Kier alpha value is -3.45. The van der Waals surface area contributed by atoms with Gasteiger partial charge in [-0.25, -0.2) is 9.18 Å². The molecule has 6 rings (SSSR count). The van der Waals surface area contributed by atoms with Crippen molar-refractivity contribution in [3.8, 4) is 0 Å². The van der Waals surface area contributed by atoms with E-state index >= 15 is 0 Å². The van der Waals surface area contributed by atoms with Crippen molar-refractivity contribution in [2.45, 2.75) is 31.7 Å². The molecular formula is C25H23FN4O2. The predicted molar refractivity (Wildman–Crippen MR) is 121 cm³/mol. The number of halogens is 1. The topological polar surface area (TPSA) is 48.9 Å². The van der Waals surface area contributed by atoms with Crippen molar-refractivity contribution < 1.29 is 13.9 Å². The minimum atomic E-state index is -0.336. The number of nitrogens with zero attached hydrogens (tertiary/aromatic N) is 4. The molecule has 3 aliphatic rings. The molecule has 1 aromatic heterocycles. The van der Waals surface area contributed by atoms with E-state index in [9.17, 15) is 9.18 Å². The summed E-state index contributed by atoms with van der Waals surface area (Å²) >= 11 is 0. The normalized spacial score (nSPS) is 21.4. The van der Waals surface area contributed by atoms with Crippen molar-refractivity contribution in [1.82, 2.24) is 9.88 Å². The number of aromatic nitrogens is 1. The van der Waals surface area contributed by atoms with E-state index in [1.165, 1.54) is 12.1 Å². The maximum absolute atomic E-state index is 13.6. The van der Waals surface area contributed by atoms with E-state index < -0.39 is 0 Å². The van der Waals surface area contributed by atoms with Crippen molar-refractivity contribution in [3.63, 3.8) is 0 Å². The van der Waals surface area contributed by atoms with Crippen LogP contribution in [0.25, 0.3) is 10.9 Å². The monoisotopic (exact) mass is 430 g/mol. The van der Waals surface area contributed by atoms with E-state index in [2.05, 4.69) is 51.3 Å². The number of pyridine rings is 1. The summed E-state index contributed by atoms with van der Waals surface area (Å²) in [7, 11) is 0. The third-order valence-corrected chi connectivity index (χ3v) is 6.68. The molecule has 3 aromatic rings. The molecule has 0 N–H and O–H groups in total. The standard InChI is InChI=1S/C25H23FN4O2/c26-19-3-6-23-18(14-19)16-32-25(31)30(23)20-7-11-28(12-8-20)24-9-13-29(24)21-4-5-22-17(15-21)2-1-10-27-22/h1-6,9-10,13-15,20,24H,7-8,11-12,16H2. The van der Waals surface area contributed by atoms with Crippen LogP contribution in [0.15, 0.2) is 67.0 Å². The quantitative estimate of drug-likeness (QED) is 0.605. The van der Waals surface area contributed by atoms with E-state index in [0.29, 0.717) is 0 Å². The molecule has 32 heavy (non-hydrogen) atoms. The molecule has 4 heterocycles. The van der Waals surface area contributed by atoms with Gasteiger partial charge in [-0.2, -0.15) is 0 Å². The van der Waals surface area contributed by atoms with Crippen molar-refractivity contribution in [1.29, 1.82) is 0 Å². The lowest BCUT2D eigenvalue weighted by Gasteiger charge is -2.47. The molecule has 0 spiro atoms. The highest BCUT2D eigenvalue weighted by Gasteiger charge is 2.37. The zero-order valence-corrected chi connectivity index (χ0v) is 17.5. The van der Waals surface area contributed by atoms with Crippen molar-refractivity contribution >= 4 is 28.4 Å². The van der Waals surface area contributed by atoms with Crippen LogP contribution < -0.4 is 9.80 Å². The van der Waals surface area contributed by atoms with Crippen LogP contribution in [-0.2, 0) is 11.3 Å². The van der Waals surface area contributed by atoms with Crippen LogP contribution in [0.2, 0.25) is 0 Å². The number of carbonyl (C=O) groups is 1. The average Bonchev–Trinajstić information content (AvgIpc) is 2.79. The van der Waals surface area contributed by atoms with E-state index in [-0.39, 0.29) is 30.7 Å². The second-order valence-electron chi connectivity index (χ2n) is 8.51. The van der Waals surface area contributed by atoms with E-state index in [1.807, 2.05) is 12.3 Å². The molecule has 1 saturated heterocycles. The Balaban J connectivity index is 1.16. The molecule has 1 unspecified atom stereocenters. The van der Waals surface area contributed by atoms with Crippen LogP contribution in [-0.4, -0.2) is 41.3 Å². The highest BCUT2D eigenvalue weighted by molar-refractivity contribution is 5.91. The molecule has 1 amide bonds. The summed E-state index contributed by atoms with van der Waals surface area (Å²) in [6.07, 6.45) is 7.68. The van der Waals surface area contributed by atoms with Gasteiger partial charge in [0.1, 0.15) is 18.6 Å². The summed E-state index contributed by atoms with van der Waals surface area (Å²) < 4.78 is 19.0. The number of anilines is 2. The molecule has 6 nitrogen and oxygen atoms in total. The van der Waals surface area contributed by atoms with Crippen LogP contribution in [0, 0.1) is 5.82 Å². The van der Waals surface area contributed by atoms with Gasteiger partial charge in [0.15, 0.2) is 0 Å². The van der Waals surface area contributed by atoms with E-state index in [4.69, 9.17) is 4.74 Å². The first kappa shape index (κ1) is 19.3. The molecule has 0 radical (unpaired) electrons. The van der Waals surface area contributed by atoms with Gasteiger partial charge in [0.25, 0.3) is 0 Å². The first-order valence-corrected chi connectivity index (χ1v) is 11.0. The summed E-state index contributed by atoms with van der Waals surface area (Å²) in [4.78, 5) is 23.4. The molecule has 3 aliphatic heterocycles. The van der Waals surface area contributed by atoms with Gasteiger partial charge in [-0.15, -0.1) is 0 Å². The fraction of sp³-hybridized carbons (Fsp3) is 0.280. The van der Waals surface area contributed by atoms with Gasteiger partial charge in [-0.3, -0.25) is 14.8 Å². The maximum atomic E-state index is 13.6. The number of cyclic esters (lactones) is 1. The van der Waals surface area contributed by atoms with Crippen LogP contribution in [0.3, 0.4) is 0 Å². The summed E-state index contributed by atoms with van der Waals surface area (Å²) in [5, 5.41) is 1.13. The molecule has 1 atom stereocenters. The second-order valence-corrected chi connectivity index (χ2v) is 8.51. The Morgan fingerprint density at radius 1 is 1.06 bits per heavy atom. The molecule has 7 heteroatoms. The fourth-order valence-electron chi connectivity index (χ4n) is 4.98. The molecule has 1 fully saturated rings. The van der Waals surface area contributed by atoms with Gasteiger partial charge in [-0.1, -0.05) is 6.07 Å². The SMILES string of the molecule is O=C1OCc2cc(F)ccc2N1C1CCN(C2C=CN2c2ccc3ncccc3c2)CC1. The van der Waals surface area contributed by atoms with Crippen LogP contribution in [0.1, 0.15) is 18.4 Å². The van der Waals surface area contributed by atoms with E-state index in [0.717, 1.165) is 53.8 Å². The molecule has 0 aliphatic carbocycles. The Bertz CT molecular complexity index is 1220. The highest BCUT2D eigenvalue weighted by Crippen LogP contribution is 2.35. The van der Waals surface area contributed by atoms with Gasteiger partial charge < -0.3 is 9.64 Å². The third-order valence-electron chi connectivity index (χ3n) is 6.68. The first-order chi connectivity index (χ1) is 15.7. The zero-order valence-electron chi connectivity index (χ0n) is 17.5. The summed E-state index contributed by atoms with van der Waals surface area (Å²) in [5.74, 6) is -0.308. The minimum Gasteiger partial charge on any atom is -0.444 e. The Morgan fingerprint density at radius 3 is 2.75 bits per heavy atom. The molecule has 2 aromatic carbocycles. The maximum Gasteiger partial charge on any atom is 0.414 e. The van der Waals surface area contributed by atoms with Crippen LogP contribution in [0.5, 0.6) is 0 Å². The summed E-state index contributed by atoms with van der Waals surface area (Å²) in [6, 6.07) is 15.0. The van der Waals surface area contributed by atoms with Crippen molar-refractivity contribution in [3.05, 3.63) is 78.4 Å². The highest BCUT2D eigenvalue weighted by atomic mass is 19.1. The molecule has 162 valence electrons. The number of amides is 1. The number of ether oxygens (including phenoxy) is 1. The lowest BCUT2D eigenvalue weighted by atomic mass is 9.99. The van der Waals surface area contributed by atoms with Gasteiger partial charge in [-0.05, 0) is 61.4 Å². The number of likely N-dealkylation sites (tertiary alicyclic amines) is 1. The van der Waals surface area contributed by atoms with Crippen molar-refractivity contribution in [2.75, 3.05) is 22.9 Å². The zero-order chi connectivity index (χ0) is 21.7. The van der Waals surface area contributed by atoms with E-state index in [1.54, 1.807) is 11.0 Å². The Morgan fingerprint density at radius 2 is 1.94 bits per heavy atom. The molecule has 0 bridgehead atoms. The lowest BCUT2D eigenvalue weighted by molar-refractivity contribution is 0.127. The van der Waals surface area contributed by atoms with Crippen molar-refractivity contribution in [2.24, 2.45) is 0 Å². The number of hydrogen-bond acceptors (Lipinski definition) is 5. The number of fused-ring (bicyclic) bond motifs is 2. The second kappa shape index (κ2) is 7.60. The predicted octanol–water partition coefficient (Wildman–Crippen LogP) is 4.65. The lowest BCUT2D eigenvalue weighted by Crippen LogP contribution is -2.56. The number of carbonyl (C=O) groups excluding carboxylic acids is 1. The Labute approximate surface area is 185 Å². The summed E-state index contributed by atoms with van der Waals surface area (Å²) in [5.41, 5.74) is 3.64. The van der Waals surface area contributed by atoms with Gasteiger partial charge >= 0.3 is 6.09 Å². The smallest absolute Gasteiger partial charge is 0.414 e. The van der Waals surface area contributed by atoms with Gasteiger partial charge in [0.2, 0.25) is 0 Å². The van der Waals surface area contributed by atoms with Gasteiger partial charge in [0.05, 0.1) is 11.2 Å². The number of rotatable bonds is 3. The van der Waals surface area contributed by atoms with Crippen LogP contribution >= 0.6 is 0 Å². The number of piperidine rings is 1. The number of benzene rings is 2. The fourth-order valence-corrected chi connectivity index (χ4v) is 4.98. The summed E-state index contributed by atoms with van der Waals surface area (Å²) in [6.45, 7) is 1.86. The molecular weight excluding hydrogens is 407 g/mol. The average molecular weight is 430 g/mol. The Kier molecular flexibility index (Phi) is 4.57. The third kappa shape index (κ3) is 3.20. The van der Waals surface area contributed by atoms with Gasteiger partial charge in [0, 0.05) is 48.2 Å². The minimum absolute atomic E-state index is 0.0486. The molecule has 0 saturated carbocycles.